The van der Waals surface area contributed by atoms with Crippen molar-refractivity contribution in [2.24, 2.45) is 0 Å². The van der Waals surface area contributed by atoms with E-state index in [-0.39, 0.29) is 24.1 Å². The number of pyridine rings is 1. The number of amides is 1. The summed E-state index contributed by atoms with van der Waals surface area (Å²) in [5.41, 5.74) is 5.52. The molecule has 216 valence electrons. The minimum Gasteiger partial charge on any atom is -0.315 e. The molecule has 0 spiro atoms. The lowest BCUT2D eigenvalue weighted by Gasteiger charge is -2.17. The van der Waals surface area contributed by atoms with Crippen molar-refractivity contribution in [3.8, 4) is 28.2 Å². The zero-order chi connectivity index (χ0) is 30.1. The molecule has 0 radical (unpaired) electrons. The molecule has 0 aliphatic carbocycles. The number of aromatic amines is 1. The second-order valence-corrected chi connectivity index (χ2v) is 10.2. The highest BCUT2D eigenvalue weighted by molar-refractivity contribution is 5.93. The molecule has 1 amide bonds. The van der Waals surface area contributed by atoms with Gasteiger partial charge in [0, 0.05) is 35.1 Å². The minimum atomic E-state index is -0.525. The number of aromatic nitrogens is 7. The van der Waals surface area contributed by atoms with Gasteiger partial charge in [-0.2, -0.15) is 0 Å². The van der Waals surface area contributed by atoms with Gasteiger partial charge in [-0.3, -0.25) is 24.2 Å². The summed E-state index contributed by atoms with van der Waals surface area (Å²) < 4.78 is 17.4. The Morgan fingerprint density at radius 1 is 1.09 bits per heavy atom. The Kier molecular flexibility index (Phi) is 7.34. The third-order valence-electron chi connectivity index (χ3n) is 7.36. The number of aryl methyl sites for hydroxylation is 1. The predicted molar refractivity (Wildman–Crippen MR) is 161 cm³/mol. The molecule has 0 fully saturated rings. The van der Waals surface area contributed by atoms with E-state index in [4.69, 9.17) is 0 Å². The zero-order valence-corrected chi connectivity index (χ0v) is 23.7. The van der Waals surface area contributed by atoms with Crippen molar-refractivity contribution < 1.29 is 9.18 Å². The number of nitrogens with one attached hydrogen (secondary N) is 3. The maximum atomic E-state index is 13.9. The van der Waals surface area contributed by atoms with Gasteiger partial charge in [0.1, 0.15) is 11.5 Å². The lowest BCUT2D eigenvalue weighted by atomic mass is 10.1. The first kappa shape index (κ1) is 27.7. The van der Waals surface area contributed by atoms with Gasteiger partial charge in [-0.25, -0.2) is 9.37 Å². The van der Waals surface area contributed by atoms with Crippen molar-refractivity contribution in [1.29, 1.82) is 0 Å². The van der Waals surface area contributed by atoms with Crippen LogP contribution in [0.25, 0.3) is 39.1 Å². The van der Waals surface area contributed by atoms with Crippen LogP contribution in [-0.2, 0) is 11.3 Å². The standard InChI is InChI=1S/C31H28FN9O2/c1-18-16-40(27-8-7-23(32)11-25(18)27)24-9-20(12-34-13-24)17-41-28(15-35-29(31(41)43)37-30(42)19(2)33-3)22-6-4-5-21(10-22)26-14-36-39-38-26/h4-16,19,33H,17H2,1-3H3,(H,35,37,42)(H,36,38,39). The SMILES string of the molecule is CNC(C)C(=O)Nc1ncc(-c2cccc(-c3c[nH]nn3)c2)n(Cc2cncc(-n3cc(C)c4cc(F)ccc43)c2)c1=O. The van der Waals surface area contributed by atoms with Crippen molar-refractivity contribution in [2.75, 3.05) is 12.4 Å². The number of halogens is 1. The number of hydrogen-bond donors (Lipinski definition) is 3. The van der Waals surface area contributed by atoms with Crippen LogP contribution in [0.5, 0.6) is 0 Å². The summed E-state index contributed by atoms with van der Waals surface area (Å²) in [6.45, 7) is 3.76. The van der Waals surface area contributed by atoms with Crippen molar-refractivity contribution in [3.63, 3.8) is 0 Å². The number of likely N-dealkylation sites (N-methyl/N-ethyl adjacent to an activating group) is 1. The molecule has 0 aliphatic heterocycles. The maximum absolute atomic E-state index is 13.9. The Hall–Kier alpha value is -5.49. The lowest BCUT2D eigenvalue weighted by Crippen LogP contribution is -2.38. The summed E-state index contributed by atoms with van der Waals surface area (Å²) in [4.78, 5) is 35.3. The highest BCUT2D eigenvalue weighted by Crippen LogP contribution is 2.27. The maximum Gasteiger partial charge on any atom is 0.294 e. The molecule has 1 atom stereocenters. The number of hydrogen-bond acceptors (Lipinski definition) is 7. The van der Waals surface area contributed by atoms with E-state index in [1.807, 2.05) is 48.0 Å². The molecule has 3 N–H and O–H groups in total. The summed E-state index contributed by atoms with van der Waals surface area (Å²) in [5.74, 6) is -0.763. The fourth-order valence-electron chi connectivity index (χ4n) is 4.95. The van der Waals surface area contributed by atoms with E-state index in [1.54, 1.807) is 49.4 Å². The molecule has 0 bridgehead atoms. The molecule has 4 aromatic heterocycles. The number of rotatable bonds is 8. The van der Waals surface area contributed by atoms with Gasteiger partial charge in [-0.05, 0) is 62.4 Å². The molecule has 6 aromatic rings. The van der Waals surface area contributed by atoms with E-state index < -0.39 is 11.6 Å². The van der Waals surface area contributed by atoms with Crippen LogP contribution >= 0.6 is 0 Å². The highest BCUT2D eigenvalue weighted by Gasteiger charge is 2.18. The lowest BCUT2D eigenvalue weighted by molar-refractivity contribution is -0.117. The summed E-state index contributed by atoms with van der Waals surface area (Å²) in [5, 5.41) is 16.9. The smallest absolute Gasteiger partial charge is 0.294 e. The first-order valence-electron chi connectivity index (χ1n) is 13.6. The Bertz CT molecular complexity index is 2010. The van der Waals surface area contributed by atoms with Crippen LogP contribution in [0.1, 0.15) is 18.1 Å². The molecular formula is C31H28FN9O2. The second-order valence-electron chi connectivity index (χ2n) is 10.2. The van der Waals surface area contributed by atoms with Crippen molar-refractivity contribution in [2.45, 2.75) is 26.4 Å². The van der Waals surface area contributed by atoms with Gasteiger partial charge in [0.05, 0.1) is 41.9 Å². The van der Waals surface area contributed by atoms with E-state index in [1.165, 1.54) is 12.1 Å². The van der Waals surface area contributed by atoms with E-state index in [2.05, 4.69) is 36.0 Å². The number of carbonyl (C=O) groups is 1. The van der Waals surface area contributed by atoms with Crippen LogP contribution < -0.4 is 16.2 Å². The fraction of sp³-hybridized carbons (Fsp3) is 0.161. The largest absolute Gasteiger partial charge is 0.315 e. The van der Waals surface area contributed by atoms with E-state index >= 15 is 0 Å². The van der Waals surface area contributed by atoms with Gasteiger partial charge >= 0.3 is 0 Å². The Labute approximate surface area is 245 Å². The number of nitrogens with zero attached hydrogens (tertiary/aromatic N) is 6. The summed E-state index contributed by atoms with van der Waals surface area (Å²) >= 11 is 0. The van der Waals surface area contributed by atoms with Gasteiger partial charge < -0.3 is 15.2 Å². The monoisotopic (exact) mass is 577 g/mol. The number of benzene rings is 2. The number of fused-ring (bicyclic) bond motifs is 1. The number of H-pyrrole nitrogens is 1. The van der Waals surface area contributed by atoms with Gasteiger partial charge in [0.2, 0.25) is 5.91 Å². The Morgan fingerprint density at radius 3 is 2.72 bits per heavy atom. The third kappa shape index (κ3) is 5.43. The Morgan fingerprint density at radius 2 is 1.93 bits per heavy atom. The average molecular weight is 578 g/mol. The van der Waals surface area contributed by atoms with Gasteiger partial charge in [0.15, 0.2) is 5.82 Å². The molecule has 43 heavy (non-hydrogen) atoms. The van der Waals surface area contributed by atoms with Crippen LogP contribution in [0.4, 0.5) is 10.2 Å². The van der Waals surface area contributed by atoms with Crippen LogP contribution in [0.3, 0.4) is 0 Å². The molecule has 0 saturated heterocycles. The zero-order valence-electron chi connectivity index (χ0n) is 23.7. The summed E-state index contributed by atoms with van der Waals surface area (Å²) in [6, 6.07) is 13.6. The highest BCUT2D eigenvalue weighted by atomic mass is 19.1. The molecule has 0 aliphatic rings. The van der Waals surface area contributed by atoms with Crippen LogP contribution in [0.2, 0.25) is 0 Å². The first-order chi connectivity index (χ1) is 20.8. The topological polar surface area (TPSA) is 135 Å². The molecule has 12 heteroatoms. The predicted octanol–water partition coefficient (Wildman–Crippen LogP) is 4.08. The fourth-order valence-corrected chi connectivity index (χ4v) is 4.95. The number of carbonyl (C=O) groups excluding carboxylic acids is 1. The quantitative estimate of drug-likeness (QED) is 0.248. The normalized spacial score (nSPS) is 12.0. The third-order valence-corrected chi connectivity index (χ3v) is 7.36. The van der Waals surface area contributed by atoms with Crippen molar-refractivity contribution in [1.82, 2.24) is 39.8 Å². The summed E-state index contributed by atoms with van der Waals surface area (Å²) in [7, 11) is 1.66. The molecular weight excluding hydrogens is 549 g/mol. The molecule has 2 aromatic carbocycles. The van der Waals surface area contributed by atoms with E-state index in [0.717, 1.165) is 38.8 Å². The van der Waals surface area contributed by atoms with Crippen LogP contribution in [0, 0.1) is 12.7 Å². The van der Waals surface area contributed by atoms with Crippen LogP contribution in [-0.4, -0.2) is 53.5 Å². The van der Waals surface area contributed by atoms with Crippen molar-refractivity contribution in [3.05, 3.63) is 107 Å². The molecule has 6 rings (SSSR count). The molecule has 11 nitrogen and oxygen atoms in total. The van der Waals surface area contributed by atoms with Gasteiger partial charge in [-0.15, -0.1) is 5.10 Å². The van der Waals surface area contributed by atoms with Gasteiger partial charge in [-0.1, -0.05) is 23.4 Å². The molecule has 0 saturated carbocycles. The van der Waals surface area contributed by atoms with E-state index in [0.29, 0.717) is 11.4 Å². The summed E-state index contributed by atoms with van der Waals surface area (Å²) in [6.07, 6.45) is 8.59. The minimum absolute atomic E-state index is 0.0818. The molecule has 1 unspecified atom stereocenters. The average Bonchev–Trinajstić information content (AvgIpc) is 3.67. The van der Waals surface area contributed by atoms with Crippen molar-refractivity contribution >= 4 is 22.6 Å². The van der Waals surface area contributed by atoms with Gasteiger partial charge in [0.25, 0.3) is 5.56 Å². The Balaban J connectivity index is 1.44. The second kappa shape index (κ2) is 11.4. The van der Waals surface area contributed by atoms with E-state index in [9.17, 15) is 14.0 Å². The van der Waals surface area contributed by atoms with Crippen LogP contribution in [0.15, 0.2) is 84.3 Å². The number of anilines is 1. The first-order valence-corrected chi connectivity index (χ1v) is 13.6. The molecule has 4 heterocycles.